The number of benzene rings is 2. The van der Waals surface area contributed by atoms with Gasteiger partial charge in [0.25, 0.3) is 0 Å². The third kappa shape index (κ3) is 4.01. The molecule has 0 radical (unpaired) electrons. The highest BCUT2D eigenvalue weighted by Gasteiger charge is 2.17. The van der Waals surface area contributed by atoms with Gasteiger partial charge in [0.05, 0.1) is 0 Å². The van der Waals surface area contributed by atoms with Crippen molar-refractivity contribution in [1.82, 2.24) is 14.5 Å². The van der Waals surface area contributed by atoms with Gasteiger partial charge in [0.15, 0.2) is 0 Å². The lowest BCUT2D eigenvalue weighted by molar-refractivity contribution is 0.233. The number of nitrogens with zero attached hydrogens (tertiary/aromatic N) is 2. The monoisotopic (exact) mass is 339 g/mol. The SMILES string of the molecule is c1cc(CN2CCNCC2)cc(SN2CCc3ccccc3C2)c1. The number of piperazine rings is 1. The normalized spacial score (nSPS) is 19.2. The Labute approximate surface area is 149 Å². The molecule has 0 aromatic heterocycles. The molecule has 2 aliphatic rings. The Kier molecular flexibility index (Phi) is 5.18. The van der Waals surface area contributed by atoms with Crippen LogP contribution in [0.4, 0.5) is 0 Å². The van der Waals surface area contributed by atoms with Crippen molar-refractivity contribution in [2.24, 2.45) is 0 Å². The van der Waals surface area contributed by atoms with Crippen molar-refractivity contribution in [3.63, 3.8) is 0 Å². The average molecular weight is 340 g/mol. The number of nitrogens with one attached hydrogen (secondary N) is 1. The fraction of sp³-hybridized carbons (Fsp3) is 0.400. The number of fused-ring (bicyclic) bond motifs is 1. The second kappa shape index (κ2) is 7.70. The van der Waals surface area contributed by atoms with Gasteiger partial charge in [0.2, 0.25) is 0 Å². The van der Waals surface area contributed by atoms with Crippen molar-refractivity contribution in [2.45, 2.75) is 24.4 Å². The van der Waals surface area contributed by atoms with Crippen LogP contribution in [0.2, 0.25) is 0 Å². The van der Waals surface area contributed by atoms with Gasteiger partial charge in [0.1, 0.15) is 0 Å². The molecule has 3 nitrogen and oxygen atoms in total. The van der Waals surface area contributed by atoms with E-state index in [2.05, 4.69) is 63.1 Å². The predicted molar refractivity (Wildman–Crippen MR) is 101 cm³/mol. The smallest absolute Gasteiger partial charge is 0.0346 e. The maximum atomic E-state index is 3.42. The van der Waals surface area contributed by atoms with Crippen LogP contribution in [-0.4, -0.2) is 41.9 Å². The fourth-order valence-electron chi connectivity index (χ4n) is 3.52. The van der Waals surface area contributed by atoms with Crippen LogP contribution in [0.1, 0.15) is 16.7 Å². The van der Waals surface area contributed by atoms with Gasteiger partial charge in [0, 0.05) is 50.7 Å². The van der Waals surface area contributed by atoms with Crippen LogP contribution in [0.5, 0.6) is 0 Å². The molecule has 1 fully saturated rings. The zero-order chi connectivity index (χ0) is 16.2. The van der Waals surface area contributed by atoms with Gasteiger partial charge in [-0.05, 0) is 47.2 Å². The molecule has 0 aliphatic carbocycles. The van der Waals surface area contributed by atoms with Gasteiger partial charge >= 0.3 is 0 Å². The minimum atomic E-state index is 1.04. The summed E-state index contributed by atoms with van der Waals surface area (Å²) in [4.78, 5) is 3.90. The number of rotatable bonds is 4. The third-order valence-electron chi connectivity index (χ3n) is 4.84. The van der Waals surface area contributed by atoms with Crippen molar-refractivity contribution in [2.75, 3.05) is 32.7 Å². The van der Waals surface area contributed by atoms with Crippen molar-refractivity contribution < 1.29 is 0 Å². The molecular weight excluding hydrogens is 314 g/mol. The van der Waals surface area contributed by atoms with E-state index in [1.165, 1.54) is 21.6 Å². The molecule has 0 bridgehead atoms. The maximum Gasteiger partial charge on any atom is 0.0346 e. The summed E-state index contributed by atoms with van der Waals surface area (Å²) >= 11 is 1.91. The van der Waals surface area contributed by atoms with E-state index in [0.717, 1.165) is 52.2 Å². The fourth-order valence-corrected chi connectivity index (χ4v) is 4.55. The lowest BCUT2D eigenvalue weighted by Gasteiger charge is -2.28. The minimum absolute atomic E-state index is 1.04. The first-order chi connectivity index (χ1) is 11.9. The van der Waals surface area contributed by atoms with E-state index in [1.807, 2.05) is 11.9 Å². The zero-order valence-electron chi connectivity index (χ0n) is 14.1. The Morgan fingerprint density at radius 3 is 2.62 bits per heavy atom. The van der Waals surface area contributed by atoms with E-state index >= 15 is 0 Å². The highest BCUT2D eigenvalue weighted by atomic mass is 32.2. The summed E-state index contributed by atoms with van der Waals surface area (Å²) in [6.45, 7) is 7.77. The van der Waals surface area contributed by atoms with Gasteiger partial charge in [-0.3, -0.25) is 4.90 Å². The molecule has 2 heterocycles. The molecule has 4 heteroatoms. The van der Waals surface area contributed by atoms with Crippen LogP contribution in [0.3, 0.4) is 0 Å². The summed E-state index contributed by atoms with van der Waals surface area (Å²) in [6.07, 6.45) is 1.16. The lowest BCUT2D eigenvalue weighted by Crippen LogP contribution is -2.42. The lowest BCUT2D eigenvalue weighted by atomic mass is 10.0. The molecule has 126 valence electrons. The number of hydrogen-bond acceptors (Lipinski definition) is 4. The van der Waals surface area contributed by atoms with Crippen LogP contribution < -0.4 is 5.32 Å². The summed E-state index contributed by atoms with van der Waals surface area (Å²) in [7, 11) is 0. The van der Waals surface area contributed by atoms with Gasteiger partial charge in [-0.1, -0.05) is 36.4 Å². The Bertz CT molecular complexity index is 682. The van der Waals surface area contributed by atoms with E-state index in [1.54, 1.807) is 0 Å². The predicted octanol–water partition coefficient (Wildman–Crippen LogP) is 3.16. The molecule has 0 amide bonds. The number of hydrogen-bond donors (Lipinski definition) is 1. The molecule has 0 unspecified atom stereocenters. The van der Waals surface area contributed by atoms with E-state index in [4.69, 9.17) is 0 Å². The zero-order valence-corrected chi connectivity index (χ0v) is 14.9. The quantitative estimate of drug-likeness (QED) is 0.862. The van der Waals surface area contributed by atoms with Crippen LogP contribution in [0.25, 0.3) is 0 Å². The Hall–Kier alpha value is -1.33. The molecule has 4 rings (SSSR count). The standard InChI is InChI=1S/C20H25N3S/c1-2-6-19-16-23(11-8-18(19)5-1)24-20-7-3-4-17(14-20)15-22-12-9-21-10-13-22/h1-7,14,21H,8-13,15-16H2. The van der Waals surface area contributed by atoms with Gasteiger partial charge in [-0.15, -0.1) is 0 Å². The average Bonchev–Trinajstić information content (AvgIpc) is 2.63. The molecule has 24 heavy (non-hydrogen) atoms. The van der Waals surface area contributed by atoms with E-state index in [9.17, 15) is 0 Å². The van der Waals surface area contributed by atoms with Crippen LogP contribution in [0.15, 0.2) is 53.4 Å². The highest BCUT2D eigenvalue weighted by Crippen LogP contribution is 2.29. The van der Waals surface area contributed by atoms with Crippen LogP contribution in [-0.2, 0) is 19.5 Å². The summed E-state index contributed by atoms with van der Waals surface area (Å²) in [5.74, 6) is 0. The largest absolute Gasteiger partial charge is 0.314 e. The molecule has 2 aliphatic heterocycles. The minimum Gasteiger partial charge on any atom is -0.314 e. The molecular formula is C20H25N3S. The molecule has 1 N–H and O–H groups in total. The maximum absolute atomic E-state index is 3.42. The first kappa shape index (κ1) is 16.2. The van der Waals surface area contributed by atoms with Crippen molar-refractivity contribution in [3.8, 4) is 0 Å². The van der Waals surface area contributed by atoms with Gasteiger partial charge < -0.3 is 5.32 Å². The molecule has 0 atom stereocenters. The Balaban J connectivity index is 1.39. The second-order valence-electron chi connectivity index (χ2n) is 6.65. The second-order valence-corrected chi connectivity index (χ2v) is 7.82. The van der Waals surface area contributed by atoms with E-state index < -0.39 is 0 Å². The molecule has 1 saturated heterocycles. The van der Waals surface area contributed by atoms with Gasteiger partial charge in [-0.2, -0.15) is 0 Å². The summed E-state index contributed by atoms with van der Waals surface area (Å²) < 4.78 is 2.49. The van der Waals surface area contributed by atoms with E-state index in [0.29, 0.717) is 0 Å². The Morgan fingerprint density at radius 2 is 1.75 bits per heavy atom. The van der Waals surface area contributed by atoms with Crippen molar-refractivity contribution in [1.29, 1.82) is 0 Å². The molecule has 0 spiro atoms. The van der Waals surface area contributed by atoms with Crippen molar-refractivity contribution in [3.05, 3.63) is 65.2 Å². The third-order valence-corrected chi connectivity index (χ3v) is 5.88. The summed E-state index contributed by atoms with van der Waals surface area (Å²) in [5.41, 5.74) is 4.43. The topological polar surface area (TPSA) is 18.5 Å². The van der Waals surface area contributed by atoms with E-state index in [-0.39, 0.29) is 0 Å². The first-order valence-electron chi connectivity index (χ1n) is 8.88. The Morgan fingerprint density at radius 1 is 0.917 bits per heavy atom. The van der Waals surface area contributed by atoms with Gasteiger partial charge in [-0.25, -0.2) is 4.31 Å². The van der Waals surface area contributed by atoms with Crippen LogP contribution in [0, 0.1) is 0 Å². The molecule has 2 aromatic rings. The van der Waals surface area contributed by atoms with Crippen molar-refractivity contribution >= 4 is 11.9 Å². The first-order valence-corrected chi connectivity index (χ1v) is 9.66. The summed E-state index contributed by atoms with van der Waals surface area (Å²) in [6, 6.07) is 17.9. The highest BCUT2D eigenvalue weighted by molar-refractivity contribution is 7.97. The summed E-state index contributed by atoms with van der Waals surface area (Å²) in [5, 5.41) is 3.42. The molecule has 2 aromatic carbocycles. The van der Waals surface area contributed by atoms with Crippen LogP contribution >= 0.6 is 11.9 Å². The molecule has 0 saturated carbocycles.